The van der Waals surface area contributed by atoms with Crippen LogP contribution in [0.2, 0.25) is 0 Å². The fourth-order valence-corrected chi connectivity index (χ4v) is 2.56. The van der Waals surface area contributed by atoms with Crippen LogP contribution in [0, 0.1) is 0 Å². The number of alkyl halides is 3. The highest BCUT2D eigenvalue weighted by Crippen LogP contribution is 2.36. The second-order valence-corrected chi connectivity index (χ2v) is 4.92. The third kappa shape index (κ3) is 5.28. The van der Waals surface area contributed by atoms with Crippen molar-refractivity contribution in [2.24, 2.45) is 0 Å². The van der Waals surface area contributed by atoms with Crippen LogP contribution >= 0.6 is 24.8 Å². The lowest BCUT2D eigenvalue weighted by Crippen LogP contribution is -2.44. The molecule has 1 atom stereocenters. The quantitative estimate of drug-likeness (QED) is 0.815. The van der Waals surface area contributed by atoms with Crippen molar-refractivity contribution in [3.8, 4) is 5.75 Å². The van der Waals surface area contributed by atoms with E-state index in [1.807, 2.05) is 0 Å². The Kier molecular flexibility index (Phi) is 8.98. The Labute approximate surface area is 146 Å². The van der Waals surface area contributed by atoms with Gasteiger partial charge in [-0.3, -0.25) is 4.90 Å². The number of hydrogen-bond acceptors (Lipinski definition) is 3. The van der Waals surface area contributed by atoms with Crippen LogP contribution in [-0.2, 0) is 6.18 Å². The van der Waals surface area contributed by atoms with Gasteiger partial charge >= 0.3 is 6.18 Å². The molecule has 1 aliphatic rings. The van der Waals surface area contributed by atoms with Crippen LogP contribution in [0.3, 0.4) is 0 Å². The van der Waals surface area contributed by atoms with Crippen molar-refractivity contribution >= 4 is 24.8 Å². The van der Waals surface area contributed by atoms with Gasteiger partial charge in [-0.2, -0.15) is 13.2 Å². The molecule has 23 heavy (non-hydrogen) atoms. The molecule has 0 aromatic heterocycles. The largest absolute Gasteiger partial charge is 0.496 e. The van der Waals surface area contributed by atoms with Crippen molar-refractivity contribution in [2.75, 3.05) is 33.3 Å². The molecule has 8 heteroatoms. The highest BCUT2D eigenvalue weighted by Gasteiger charge is 2.32. The monoisotopic (exact) mass is 372 g/mol. The topological polar surface area (TPSA) is 24.5 Å². The lowest BCUT2D eigenvalue weighted by Gasteiger charge is -2.34. The summed E-state index contributed by atoms with van der Waals surface area (Å²) < 4.78 is 43.5. The molecule has 1 aliphatic heterocycles. The first-order valence-electron chi connectivity index (χ1n) is 6.80. The summed E-state index contributed by atoms with van der Waals surface area (Å²) in [7, 11) is 1.39. The van der Waals surface area contributed by atoms with Crippen LogP contribution in [0.25, 0.3) is 0 Å². The maximum absolute atomic E-state index is 12.8. The van der Waals surface area contributed by atoms with E-state index in [1.54, 1.807) is 6.08 Å². The molecular formula is C15H21Cl2F3N2O. The van der Waals surface area contributed by atoms with E-state index in [0.717, 1.165) is 38.3 Å². The molecule has 0 bridgehead atoms. The van der Waals surface area contributed by atoms with Crippen LogP contribution < -0.4 is 10.1 Å². The van der Waals surface area contributed by atoms with Gasteiger partial charge in [0, 0.05) is 31.7 Å². The van der Waals surface area contributed by atoms with Crippen molar-refractivity contribution in [3.05, 3.63) is 42.0 Å². The summed E-state index contributed by atoms with van der Waals surface area (Å²) in [5, 5.41) is 3.25. The van der Waals surface area contributed by atoms with Crippen molar-refractivity contribution in [1.82, 2.24) is 10.2 Å². The summed E-state index contributed by atoms with van der Waals surface area (Å²) in [6, 6.07) is 3.48. The summed E-state index contributed by atoms with van der Waals surface area (Å²) in [4.78, 5) is 2.18. The van der Waals surface area contributed by atoms with E-state index in [0.29, 0.717) is 5.56 Å². The summed E-state index contributed by atoms with van der Waals surface area (Å²) >= 11 is 0. The van der Waals surface area contributed by atoms with Gasteiger partial charge in [-0.15, -0.1) is 31.4 Å². The third-order valence-corrected chi connectivity index (χ3v) is 3.65. The number of nitrogens with zero attached hydrogens (tertiary/aromatic N) is 1. The minimum atomic E-state index is -4.37. The highest BCUT2D eigenvalue weighted by atomic mass is 35.5. The van der Waals surface area contributed by atoms with Gasteiger partial charge in [-0.05, 0) is 12.1 Å². The zero-order chi connectivity index (χ0) is 15.5. The first-order chi connectivity index (χ1) is 9.97. The molecule has 0 spiro atoms. The number of hydrogen-bond donors (Lipinski definition) is 1. The molecule has 1 heterocycles. The Hall–Kier alpha value is -0.950. The van der Waals surface area contributed by atoms with Crippen molar-refractivity contribution in [3.63, 3.8) is 0 Å². The molecule has 1 aromatic carbocycles. The summed E-state index contributed by atoms with van der Waals surface area (Å²) in [6.45, 7) is 7.17. The molecule has 0 saturated carbocycles. The predicted octanol–water partition coefficient (Wildman–Crippen LogP) is 3.69. The standard InChI is InChI=1S/C15H19F3N2O.2ClH/c1-3-13(20-8-6-19-7-9-20)12-5-4-11(15(16,17)18)10-14(12)21-2;;/h3-5,10,13,19H,1,6-9H2,2H3;2*1H/t13-;;/m0../s1. The van der Waals surface area contributed by atoms with Crippen molar-refractivity contribution in [1.29, 1.82) is 0 Å². The molecule has 3 nitrogen and oxygen atoms in total. The molecule has 1 saturated heterocycles. The van der Waals surface area contributed by atoms with Gasteiger partial charge in [-0.1, -0.05) is 12.1 Å². The summed E-state index contributed by atoms with van der Waals surface area (Å²) in [6.07, 6.45) is -2.62. The first kappa shape index (κ1) is 22.1. The lowest BCUT2D eigenvalue weighted by atomic mass is 10.0. The van der Waals surface area contributed by atoms with Crippen molar-refractivity contribution in [2.45, 2.75) is 12.2 Å². The molecule has 1 fully saturated rings. The van der Waals surface area contributed by atoms with Crippen LogP contribution in [0.4, 0.5) is 13.2 Å². The van der Waals surface area contributed by atoms with Crippen LogP contribution in [0.5, 0.6) is 5.75 Å². The molecule has 132 valence electrons. The fraction of sp³-hybridized carbons (Fsp3) is 0.467. The maximum Gasteiger partial charge on any atom is 0.416 e. The number of halogens is 5. The summed E-state index contributed by atoms with van der Waals surface area (Å²) in [5.41, 5.74) is 0.00798. The number of benzene rings is 1. The van der Waals surface area contributed by atoms with Gasteiger partial charge in [0.2, 0.25) is 0 Å². The second kappa shape index (κ2) is 9.37. The number of rotatable bonds is 4. The van der Waals surface area contributed by atoms with Gasteiger partial charge < -0.3 is 10.1 Å². The van der Waals surface area contributed by atoms with E-state index in [9.17, 15) is 13.2 Å². The smallest absolute Gasteiger partial charge is 0.416 e. The second-order valence-electron chi connectivity index (χ2n) is 4.92. The fourth-order valence-electron chi connectivity index (χ4n) is 2.56. The van der Waals surface area contributed by atoms with Gasteiger partial charge in [0.1, 0.15) is 5.75 Å². The van der Waals surface area contributed by atoms with E-state index in [2.05, 4.69) is 16.8 Å². The molecule has 0 aliphatic carbocycles. The predicted molar refractivity (Wildman–Crippen MR) is 89.9 cm³/mol. The summed E-state index contributed by atoms with van der Waals surface area (Å²) in [5.74, 6) is 0.244. The number of nitrogens with one attached hydrogen (secondary N) is 1. The van der Waals surface area contributed by atoms with Gasteiger partial charge in [0.15, 0.2) is 0 Å². The molecule has 1 N–H and O–H groups in total. The Balaban J connectivity index is 0.00000242. The van der Waals surface area contributed by atoms with Crippen LogP contribution in [-0.4, -0.2) is 38.2 Å². The third-order valence-electron chi connectivity index (χ3n) is 3.65. The van der Waals surface area contributed by atoms with E-state index >= 15 is 0 Å². The molecule has 1 aromatic rings. The molecule has 0 radical (unpaired) electrons. The van der Waals surface area contributed by atoms with Crippen LogP contribution in [0.15, 0.2) is 30.9 Å². The van der Waals surface area contributed by atoms with Gasteiger partial charge in [0.25, 0.3) is 0 Å². The van der Waals surface area contributed by atoms with E-state index < -0.39 is 11.7 Å². The van der Waals surface area contributed by atoms with E-state index in [-0.39, 0.29) is 36.6 Å². The average Bonchev–Trinajstić information content (AvgIpc) is 2.48. The lowest BCUT2D eigenvalue weighted by molar-refractivity contribution is -0.137. The van der Waals surface area contributed by atoms with Crippen LogP contribution in [0.1, 0.15) is 17.2 Å². The molecular weight excluding hydrogens is 352 g/mol. The van der Waals surface area contributed by atoms with Gasteiger partial charge in [0.05, 0.1) is 18.7 Å². The maximum atomic E-state index is 12.8. The Morgan fingerprint density at radius 3 is 2.35 bits per heavy atom. The first-order valence-corrected chi connectivity index (χ1v) is 6.80. The molecule has 0 amide bonds. The normalized spacial score (nSPS) is 16.7. The zero-order valence-corrected chi connectivity index (χ0v) is 14.4. The molecule has 0 unspecified atom stereocenters. The van der Waals surface area contributed by atoms with E-state index in [1.165, 1.54) is 13.2 Å². The van der Waals surface area contributed by atoms with Crippen molar-refractivity contribution < 1.29 is 17.9 Å². The minimum Gasteiger partial charge on any atom is -0.496 e. The highest BCUT2D eigenvalue weighted by molar-refractivity contribution is 5.85. The minimum absolute atomic E-state index is 0. The molecule has 2 rings (SSSR count). The Morgan fingerprint density at radius 2 is 1.87 bits per heavy atom. The van der Waals surface area contributed by atoms with Gasteiger partial charge in [-0.25, -0.2) is 0 Å². The average molecular weight is 373 g/mol. The zero-order valence-electron chi connectivity index (χ0n) is 12.7. The Morgan fingerprint density at radius 1 is 1.26 bits per heavy atom. The van der Waals surface area contributed by atoms with E-state index in [4.69, 9.17) is 4.74 Å². The Bertz CT molecular complexity index is 506. The SMILES string of the molecule is C=C[C@@H](c1ccc(C(F)(F)F)cc1OC)N1CCNCC1.Cl.Cl. The number of ether oxygens (including phenoxy) is 1. The number of methoxy groups -OCH3 is 1. The number of piperazine rings is 1.